The fraction of sp³-hybridized carbons (Fsp3) is 0.688. The Morgan fingerprint density at radius 3 is 2.74 bits per heavy atom. The Labute approximate surface area is 117 Å². The van der Waals surface area contributed by atoms with Crippen molar-refractivity contribution in [3.63, 3.8) is 0 Å². The predicted molar refractivity (Wildman–Crippen MR) is 79.7 cm³/mol. The highest BCUT2D eigenvalue weighted by Crippen LogP contribution is 2.21. The van der Waals surface area contributed by atoms with Crippen molar-refractivity contribution in [2.75, 3.05) is 0 Å². The molecule has 1 aromatic rings. The van der Waals surface area contributed by atoms with Crippen LogP contribution in [0.2, 0.25) is 0 Å². The van der Waals surface area contributed by atoms with Crippen LogP contribution in [-0.4, -0.2) is 10.6 Å². The minimum Gasteiger partial charge on any atom is -0.350 e. The van der Waals surface area contributed by atoms with E-state index in [2.05, 4.69) is 48.1 Å². The maximum absolute atomic E-state index is 8.98. The van der Waals surface area contributed by atoms with Gasteiger partial charge in [0.05, 0.1) is 11.5 Å². The number of nitriles is 1. The summed E-state index contributed by atoms with van der Waals surface area (Å²) >= 11 is 0. The number of hydrogen-bond donors (Lipinski definition) is 1. The van der Waals surface area contributed by atoms with Gasteiger partial charge in [0.25, 0.3) is 0 Å². The SMILES string of the molecule is CC(C)NCc1cccn1CCCCC(C)(C)C#N. The van der Waals surface area contributed by atoms with Gasteiger partial charge < -0.3 is 9.88 Å². The lowest BCUT2D eigenvalue weighted by Gasteiger charge is -2.15. The van der Waals surface area contributed by atoms with E-state index in [-0.39, 0.29) is 5.41 Å². The molecule has 0 radical (unpaired) electrons. The molecule has 0 aliphatic rings. The second kappa shape index (κ2) is 7.35. The van der Waals surface area contributed by atoms with E-state index in [0.29, 0.717) is 6.04 Å². The first-order valence-electron chi connectivity index (χ1n) is 7.23. The Balaban J connectivity index is 2.34. The van der Waals surface area contributed by atoms with E-state index in [0.717, 1.165) is 32.4 Å². The molecule has 1 heterocycles. The van der Waals surface area contributed by atoms with Crippen molar-refractivity contribution in [2.45, 2.75) is 66.1 Å². The lowest BCUT2D eigenvalue weighted by molar-refractivity contribution is 0.414. The molecule has 0 amide bonds. The van der Waals surface area contributed by atoms with Crippen molar-refractivity contribution in [3.05, 3.63) is 24.0 Å². The lowest BCUT2D eigenvalue weighted by atomic mass is 9.89. The molecule has 0 fully saturated rings. The number of nitrogens with zero attached hydrogens (tertiary/aromatic N) is 2. The summed E-state index contributed by atoms with van der Waals surface area (Å²) < 4.78 is 2.31. The van der Waals surface area contributed by atoms with Gasteiger partial charge in [-0.05, 0) is 38.8 Å². The van der Waals surface area contributed by atoms with Crippen LogP contribution in [0.1, 0.15) is 52.7 Å². The first-order valence-corrected chi connectivity index (χ1v) is 7.23. The number of hydrogen-bond acceptors (Lipinski definition) is 2. The van der Waals surface area contributed by atoms with Crippen molar-refractivity contribution in [3.8, 4) is 6.07 Å². The molecule has 1 rings (SSSR count). The normalized spacial score (nSPS) is 11.8. The fourth-order valence-corrected chi connectivity index (χ4v) is 2.04. The minimum absolute atomic E-state index is 0.182. The highest BCUT2D eigenvalue weighted by molar-refractivity contribution is 5.07. The van der Waals surface area contributed by atoms with Gasteiger partial charge in [0.1, 0.15) is 0 Å². The Hall–Kier alpha value is -1.27. The molecule has 0 atom stereocenters. The Morgan fingerprint density at radius 1 is 1.37 bits per heavy atom. The molecule has 0 bridgehead atoms. The molecule has 19 heavy (non-hydrogen) atoms. The summed E-state index contributed by atoms with van der Waals surface area (Å²) in [7, 11) is 0. The van der Waals surface area contributed by atoms with E-state index in [1.165, 1.54) is 5.69 Å². The summed E-state index contributed by atoms with van der Waals surface area (Å²) in [4.78, 5) is 0. The molecule has 0 aromatic carbocycles. The summed E-state index contributed by atoms with van der Waals surface area (Å²) in [5, 5.41) is 12.4. The molecule has 1 N–H and O–H groups in total. The van der Waals surface area contributed by atoms with Crippen LogP contribution in [-0.2, 0) is 13.1 Å². The minimum atomic E-state index is -0.182. The van der Waals surface area contributed by atoms with Crippen molar-refractivity contribution in [2.24, 2.45) is 5.41 Å². The zero-order valence-electron chi connectivity index (χ0n) is 12.7. The second-order valence-corrected chi connectivity index (χ2v) is 6.18. The van der Waals surface area contributed by atoms with Gasteiger partial charge in [-0.25, -0.2) is 0 Å². The van der Waals surface area contributed by atoms with Gasteiger partial charge in [-0.1, -0.05) is 20.3 Å². The predicted octanol–water partition coefficient (Wildman–Crippen LogP) is 3.71. The molecule has 0 saturated carbocycles. The third-order valence-corrected chi connectivity index (χ3v) is 3.37. The molecule has 0 unspecified atom stereocenters. The molecule has 3 heteroatoms. The number of nitrogens with one attached hydrogen (secondary N) is 1. The van der Waals surface area contributed by atoms with Gasteiger partial charge >= 0.3 is 0 Å². The molecule has 106 valence electrons. The molecule has 3 nitrogen and oxygen atoms in total. The first-order chi connectivity index (χ1) is 8.94. The number of aromatic nitrogens is 1. The smallest absolute Gasteiger partial charge is 0.0683 e. The van der Waals surface area contributed by atoms with Crippen molar-refractivity contribution < 1.29 is 0 Å². The van der Waals surface area contributed by atoms with Gasteiger partial charge in [0.2, 0.25) is 0 Å². The van der Waals surface area contributed by atoms with E-state index >= 15 is 0 Å². The topological polar surface area (TPSA) is 40.8 Å². The summed E-state index contributed by atoms with van der Waals surface area (Å²) in [6.45, 7) is 10.3. The molecule has 0 aliphatic heterocycles. The highest BCUT2D eigenvalue weighted by Gasteiger charge is 2.15. The number of unbranched alkanes of at least 4 members (excludes halogenated alkanes) is 1. The monoisotopic (exact) mass is 261 g/mol. The zero-order chi connectivity index (χ0) is 14.3. The molecule has 1 aromatic heterocycles. The van der Waals surface area contributed by atoms with Crippen LogP contribution in [0, 0.1) is 16.7 Å². The molecule has 0 spiro atoms. The van der Waals surface area contributed by atoms with Gasteiger partial charge in [-0.15, -0.1) is 0 Å². The van der Waals surface area contributed by atoms with Gasteiger partial charge in [0.15, 0.2) is 0 Å². The summed E-state index contributed by atoms with van der Waals surface area (Å²) in [6.07, 6.45) is 5.36. The van der Waals surface area contributed by atoms with Crippen molar-refractivity contribution >= 4 is 0 Å². The maximum Gasteiger partial charge on any atom is 0.0683 e. The summed E-state index contributed by atoms with van der Waals surface area (Å²) in [5.41, 5.74) is 1.16. The second-order valence-electron chi connectivity index (χ2n) is 6.18. The largest absolute Gasteiger partial charge is 0.350 e. The standard InChI is InChI=1S/C16H27N3/c1-14(2)18-12-15-8-7-11-19(15)10-6-5-9-16(3,4)13-17/h7-8,11,14,18H,5-6,9-10,12H2,1-4H3. The van der Waals surface area contributed by atoms with E-state index < -0.39 is 0 Å². The summed E-state index contributed by atoms with van der Waals surface area (Å²) in [5.74, 6) is 0. The number of aryl methyl sites for hydroxylation is 1. The quantitative estimate of drug-likeness (QED) is 0.725. The van der Waals surface area contributed by atoms with Crippen LogP contribution in [0.25, 0.3) is 0 Å². The lowest BCUT2D eigenvalue weighted by Crippen LogP contribution is -2.23. The van der Waals surface area contributed by atoms with Crippen LogP contribution in [0.5, 0.6) is 0 Å². The molecule has 0 aliphatic carbocycles. The van der Waals surface area contributed by atoms with Crippen LogP contribution in [0.4, 0.5) is 0 Å². The first kappa shape index (κ1) is 15.8. The van der Waals surface area contributed by atoms with Gasteiger partial charge in [0, 0.05) is 31.0 Å². The molecular weight excluding hydrogens is 234 g/mol. The number of rotatable bonds is 8. The highest BCUT2D eigenvalue weighted by atomic mass is 15.0. The fourth-order valence-electron chi connectivity index (χ4n) is 2.04. The van der Waals surface area contributed by atoms with Crippen LogP contribution < -0.4 is 5.32 Å². The van der Waals surface area contributed by atoms with Crippen LogP contribution >= 0.6 is 0 Å². The zero-order valence-corrected chi connectivity index (χ0v) is 12.7. The summed E-state index contributed by atoms with van der Waals surface area (Å²) in [6, 6.07) is 7.16. The maximum atomic E-state index is 8.98. The van der Waals surface area contributed by atoms with Crippen LogP contribution in [0.15, 0.2) is 18.3 Å². The Morgan fingerprint density at radius 2 is 2.11 bits per heavy atom. The van der Waals surface area contributed by atoms with Crippen molar-refractivity contribution in [1.82, 2.24) is 9.88 Å². The van der Waals surface area contributed by atoms with E-state index in [1.807, 2.05) is 13.8 Å². The van der Waals surface area contributed by atoms with E-state index in [1.54, 1.807) is 0 Å². The Bertz CT molecular complexity index is 410. The van der Waals surface area contributed by atoms with Crippen molar-refractivity contribution in [1.29, 1.82) is 5.26 Å². The molecule has 0 saturated heterocycles. The van der Waals surface area contributed by atoms with Gasteiger partial charge in [-0.2, -0.15) is 5.26 Å². The molecular formula is C16H27N3. The average molecular weight is 261 g/mol. The average Bonchev–Trinajstić information content (AvgIpc) is 2.79. The van der Waals surface area contributed by atoms with Crippen LogP contribution in [0.3, 0.4) is 0 Å². The van der Waals surface area contributed by atoms with E-state index in [4.69, 9.17) is 5.26 Å². The third kappa shape index (κ3) is 5.94. The van der Waals surface area contributed by atoms with Gasteiger partial charge in [-0.3, -0.25) is 0 Å². The third-order valence-electron chi connectivity index (χ3n) is 3.37. The Kier molecular flexibility index (Phi) is 6.11. The van der Waals surface area contributed by atoms with E-state index in [9.17, 15) is 0 Å².